The Bertz CT molecular complexity index is 307. The molecule has 0 spiro atoms. The first-order valence-electron chi connectivity index (χ1n) is 5.01. The second kappa shape index (κ2) is 4.56. The van der Waals surface area contributed by atoms with Crippen molar-refractivity contribution in [2.45, 2.75) is 33.2 Å². The predicted octanol–water partition coefficient (Wildman–Crippen LogP) is 2.66. The third kappa shape index (κ3) is 2.81. The minimum absolute atomic E-state index is 0.167. The van der Waals surface area contributed by atoms with Crippen LogP contribution in [0.4, 0.5) is 4.39 Å². The van der Waals surface area contributed by atoms with Crippen LogP contribution in [0.25, 0.3) is 0 Å². The molecule has 0 aliphatic rings. The normalized spacial score (nSPS) is 15.2. The van der Waals surface area contributed by atoms with Gasteiger partial charge in [-0.3, -0.25) is 0 Å². The molecule has 0 radical (unpaired) electrons. The van der Waals surface area contributed by atoms with Crippen LogP contribution in [0, 0.1) is 18.7 Å². The highest BCUT2D eigenvalue weighted by Crippen LogP contribution is 2.16. The minimum Gasteiger partial charge on any atom is -0.328 e. The van der Waals surface area contributed by atoms with Crippen molar-refractivity contribution in [1.29, 1.82) is 0 Å². The van der Waals surface area contributed by atoms with E-state index in [1.165, 1.54) is 11.6 Å². The molecule has 1 nitrogen and oxygen atoms in total. The fourth-order valence-corrected chi connectivity index (χ4v) is 1.42. The van der Waals surface area contributed by atoms with Crippen molar-refractivity contribution in [2.75, 3.05) is 0 Å². The van der Waals surface area contributed by atoms with E-state index < -0.39 is 0 Å². The molecule has 0 fully saturated rings. The van der Waals surface area contributed by atoms with E-state index >= 15 is 0 Å². The number of benzene rings is 1. The summed E-state index contributed by atoms with van der Waals surface area (Å²) < 4.78 is 12.8. The van der Waals surface area contributed by atoms with E-state index in [4.69, 9.17) is 5.73 Å². The fourth-order valence-electron chi connectivity index (χ4n) is 1.42. The lowest BCUT2D eigenvalue weighted by atomic mass is 9.93. The average molecular weight is 195 g/mol. The second-order valence-electron chi connectivity index (χ2n) is 4.11. The lowest BCUT2D eigenvalue weighted by Gasteiger charge is -2.16. The summed E-state index contributed by atoms with van der Waals surface area (Å²) in [5.74, 6) is 0.263. The molecule has 1 rings (SSSR count). The molecule has 0 heterocycles. The monoisotopic (exact) mass is 195 g/mol. The molecule has 78 valence electrons. The van der Waals surface area contributed by atoms with Crippen molar-refractivity contribution >= 4 is 0 Å². The first-order valence-corrected chi connectivity index (χ1v) is 5.01. The van der Waals surface area contributed by atoms with Crippen LogP contribution in [0.5, 0.6) is 0 Å². The van der Waals surface area contributed by atoms with Crippen LogP contribution in [-0.4, -0.2) is 6.04 Å². The second-order valence-corrected chi connectivity index (χ2v) is 4.11. The van der Waals surface area contributed by atoms with Gasteiger partial charge in [-0.2, -0.15) is 0 Å². The van der Waals surface area contributed by atoms with Crippen molar-refractivity contribution in [2.24, 2.45) is 11.7 Å². The zero-order chi connectivity index (χ0) is 10.7. The largest absolute Gasteiger partial charge is 0.328 e. The summed E-state index contributed by atoms with van der Waals surface area (Å²) in [5.41, 5.74) is 7.99. The van der Waals surface area contributed by atoms with E-state index in [0.717, 1.165) is 12.0 Å². The summed E-state index contributed by atoms with van der Waals surface area (Å²) in [6, 6.07) is 5.11. The molecule has 0 saturated carbocycles. The SMILES string of the molecule is Cc1cc(F)ccc1CC(C)C(C)N. The Hall–Kier alpha value is -0.890. The van der Waals surface area contributed by atoms with Crippen molar-refractivity contribution in [3.8, 4) is 0 Å². The minimum atomic E-state index is -0.167. The molecule has 1 aromatic rings. The number of hydrogen-bond donors (Lipinski definition) is 1. The molecule has 0 saturated heterocycles. The smallest absolute Gasteiger partial charge is 0.123 e. The standard InChI is InChI=1S/C12H18FN/c1-8(10(3)14)6-11-4-5-12(13)7-9(11)2/h4-5,7-8,10H,6,14H2,1-3H3. The molecule has 2 atom stereocenters. The highest BCUT2D eigenvalue weighted by molar-refractivity contribution is 5.26. The summed E-state index contributed by atoms with van der Waals surface area (Å²) >= 11 is 0. The lowest BCUT2D eigenvalue weighted by molar-refractivity contribution is 0.480. The van der Waals surface area contributed by atoms with Crippen molar-refractivity contribution in [3.05, 3.63) is 35.1 Å². The van der Waals surface area contributed by atoms with Gasteiger partial charge in [0, 0.05) is 6.04 Å². The third-order valence-electron chi connectivity index (χ3n) is 2.74. The van der Waals surface area contributed by atoms with E-state index in [-0.39, 0.29) is 11.9 Å². The van der Waals surface area contributed by atoms with Gasteiger partial charge in [-0.1, -0.05) is 13.0 Å². The zero-order valence-electron chi connectivity index (χ0n) is 9.05. The summed E-state index contributed by atoms with van der Waals surface area (Å²) in [5, 5.41) is 0. The Morgan fingerprint density at radius 1 is 1.36 bits per heavy atom. The van der Waals surface area contributed by atoms with Crippen LogP contribution in [0.2, 0.25) is 0 Å². The Balaban J connectivity index is 2.77. The third-order valence-corrected chi connectivity index (χ3v) is 2.74. The molecular weight excluding hydrogens is 177 g/mol. The quantitative estimate of drug-likeness (QED) is 0.788. The molecule has 0 aliphatic carbocycles. The topological polar surface area (TPSA) is 26.0 Å². The Morgan fingerprint density at radius 3 is 2.50 bits per heavy atom. The van der Waals surface area contributed by atoms with Gasteiger partial charge < -0.3 is 5.73 Å². The van der Waals surface area contributed by atoms with Gasteiger partial charge in [-0.15, -0.1) is 0 Å². The molecule has 0 aliphatic heterocycles. The summed E-state index contributed by atoms with van der Waals surface area (Å²) in [7, 11) is 0. The zero-order valence-corrected chi connectivity index (χ0v) is 9.05. The molecule has 2 unspecified atom stereocenters. The fraction of sp³-hybridized carbons (Fsp3) is 0.500. The number of nitrogens with two attached hydrogens (primary N) is 1. The molecule has 0 amide bonds. The molecule has 0 aromatic heterocycles. The van der Waals surface area contributed by atoms with Crippen LogP contribution in [0.3, 0.4) is 0 Å². The number of hydrogen-bond acceptors (Lipinski definition) is 1. The van der Waals surface area contributed by atoms with Crippen molar-refractivity contribution in [1.82, 2.24) is 0 Å². The Morgan fingerprint density at radius 2 is 2.00 bits per heavy atom. The molecule has 2 N–H and O–H groups in total. The molecule has 0 bridgehead atoms. The van der Waals surface area contributed by atoms with E-state index in [2.05, 4.69) is 6.92 Å². The number of rotatable bonds is 3. The first kappa shape index (κ1) is 11.2. The van der Waals surface area contributed by atoms with Gasteiger partial charge >= 0.3 is 0 Å². The molecule has 14 heavy (non-hydrogen) atoms. The van der Waals surface area contributed by atoms with Gasteiger partial charge in [-0.25, -0.2) is 4.39 Å². The summed E-state index contributed by atoms with van der Waals surface area (Å²) in [6.07, 6.45) is 0.920. The number of halogens is 1. The van der Waals surface area contributed by atoms with E-state index in [1.807, 2.05) is 19.9 Å². The van der Waals surface area contributed by atoms with E-state index in [0.29, 0.717) is 5.92 Å². The van der Waals surface area contributed by atoms with Gasteiger partial charge in [0.25, 0.3) is 0 Å². The Kier molecular flexibility index (Phi) is 3.64. The summed E-state index contributed by atoms with van der Waals surface area (Å²) in [4.78, 5) is 0. The van der Waals surface area contributed by atoms with Gasteiger partial charge in [0.2, 0.25) is 0 Å². The van der Waals surface area contributed by atoms with E-state index in [9.17, 15) is 4.39 Å². The highest BCUT2D eigenvalue weighted by atomic mass is 19.1. The number of aryl methyl sites for hydroxylation is 1. The van der Waals surface area contributed by atoms with Crippen LogP contribution < -0.4 is 5.73 Å². The van der Waals surface area contributed by atoms with Crippen LogP contribution >= 0.6 is 0 Å². The van der Waals surface area contributed by atoms with Gasteiger partial charge in [0.1, 0.15) is 5.82 Å². The van der Waals surface area contributed by atoms with Crippen LogP contribution in [-0.2, 0) is 6.42 Å². The predicted molar refractivity (Wildman–Crippen MR) is 57.7 cm³/mol. The lowest BCUT2D eigenvalue weighted by Crippen LogP contribution is -2.25. The molecule has 2 heteroatoms. The molecular formula is C12H18FN. The maximum Gasteiger partial charge on any atom is 0.123 e. The van der Waals surface area contributed by atoms with Crippen LogP contribution in [0.15, 0.2) is 18.2 Å². The maximum atomic E-state index is 12.8. The maximum absolute atomic E-state index is 12.8. The van der Waals surface area contributed by atoms with Crippen molar-refractivity contribution in [3.63, 3.8) is 0 Å². The van der Waals surface area contributed by atoms with E-state index in [1.54, 1.807) is 6.07 Å². The first-order chi connectivity index (χ1) is 6.50. The highest BCUT2D eigenvalue weighted by Gasteiger charge is 2.10. The van der Waals surface area contributed by atoms with Crippen LogP contribution in [0.1, 0.15) is 25.0 Å². The van der Waals surface area contributed by atoms with Gasteiger partial charge in [0.15, 0.2) is 0 Å². The van der Waals surface area contributed by atoms with Gasteiger partial charge in [-0.05, 0) is 49.4 Å². The Labute approximate surface area is 85.1 Å². The van der Waals surface area contributed by atoms with Gasteiger partial charge in [0.05, 0.1) is 0 Å². The summed E-state index contributed by atoms with van der Waals surface area (Å²) in [6.45, 7) is 6.06. The van der Waals surface area contributed by atoms with Crippen molar-refractivity contribution < 1.29 is 4.39 Å². The average Bonchev–Trinajstić information content (AvgIpc) is 2.09. The molecule has 1 aromatic carbocycles.